The predicted molar refractivity (Wildman–Crippen MR) is 98.0 cm³/mol. The topological polar surface area (TPSA) is 77.7 Å². The van der Waals surface area contributed by atoms with Gasteiger partial charge in [-0.2, -0.15) is 0 Å². The number of H-pyrrole nitrogens is 1. The Morgan fingerprint density at radius 2 is 1.96 bits per heavy atom. The normalized spacial score (nSPS) is 18.7. The van der Waals surface area contributed by atoms with Crippen molar-refractivity contribution < 1.29 is 14.3 Å². The monoisotopic (exact) mass is 356 g/mol. The van der Waals surface area contributed by atoms with Crippen LogP contribution in [0.15, 0.2) is 30.5 Å². The number of carbonyl (C=O) groups is 2. The summed E-state index contributed by atoms with van der Waals surface area (Å²) in [7, 11) is 0. The van der Waals surface area contributed by atoms with Gasteiger partial charge in [0, 0.05) is 56.4 Å². The molecule has 2 aromatic rings. The molecule has 26 heavy (non-hydrogen) atoms. The highest BCUT2D eigenvalue weighted by atomic mass is 16.5. The standard InChI is InChI=1S/C19H24N4O3/c24-18(20-5-6-22-7-9-26-10-8-22)14-12-23(13-14)19(25)16-11-21-17-4-2-1-3-15(16)17/h1-4,11,14,21H,5-10,12-13H2,(H,20,24). The zero-order valence-corrected chi connectivity index (χ0v) is 14.7. The van der Waals surface area contributed by atoms with E-state index in [0.29, 0.717) is 25.2 Å². The molecule has 0 aliphatic carbocycles. The molecule has 2 saturated heterocycles. The Morgan fingerprint density at radius 1 is 1.19 bits per heavy atom. The summed E-state index contributed by atoms with van der Waals surface area (Å²) < 4.78 is 5.31. The summed E-state index contributed by atoms with van der Waals surface area (Å²) >= 11 is 0. The number of para-hydroxylation sites is 1. The van der Waals surface area contributed by atoms with Crippen LogP contribution >= 0.6 is 0 Å². The van der Waals surface area contributed by atoms with Crippen LogP contribution in [0.1, 0.15) is 10.4 Å². The first-order valence-corrected chi connectivity index (χ1v) is 9.15. The van der Waals surface area contributed by atoms with Gasteiger partial charge in [0.2, 0.25) is 5.91 Å². The minimum atomic E-state index is -0.103. The van der Waals surface area contributed by atoms with Gasteiger partial charge in [0.1, 0.15) is 0 Å². The van der Waals surface area contributed by atoms with Gasteiger partial charge in [0.15, 0.2) is 0 Å². The molecule has 2 fully saturated rings. The molecule has 138 valence electrons. The Hall–Kier alpha value is -2.38. The van der Waals surface area contributed by atoms with Gasteiger partial charge < -0.3 is 19.9 Å². The fourth-order valence-electron chi connectivity index (χ4n) is 3.54. The molecule has 2 aliphatic rings. The molecule has 0 spiro atoms. The number of likely N-dealkylation sites (tertiary alicyclic amines) is 1. The van der Waals surface area contributed by atoms with Crippen LogP contribution in [0.5, 0.6) is 0 Å². The third-order valence-electron chi connectivity index (χ3n) is 5.19. The molecule has 2 aliphatic heterocycles. The number of hydrogen-bond donors (Lipinski definition) is 2. The lowest BCUT2D eigenvalue weighted by Crippen LogP contribution is -2.56. The lowest BCUT2D eigenvalue weighted by Gasteiger charge is -2.38. The Balaban J connectivity index is 1.24. The third kappa shape index (κ3) is 3.45. The van der Waals surface area contributed by atoms with Gasteiger partial charge in [-0.1, -0.05) is 18.2 Å². The first-order chi connectivity index (χ1) is 12.7. The molecule has 4 rings (SSSR count). The van der Waals surface area contributed by atoms with Crippen molar-refractivity contribution in [1.29, 1.82) is 0 Å². The number of rotatable bonds is 5. The molecule has 7 heteroatoms. The summed E-state index contributed by atoms with van der Waals surface area (Å²) in [5.41, 5.74) is 1.63. The summed E-state index contributed by atoms with van der Waals surface area (Å²) in [4.78, 5) is 32.0. The summed E-state index contributed by atoms with van der Waals surface area (Å²) in [6.45, 7) is 5.84. The van der Waals surface area contributed by atoms with Crippen LogP contribution in [0.3, 0.4) is 0 Å². The maximum atomic E-state index is 12.6. The van der Waals surface area contributed by atoms with Crippen LogP contribution in [0.25, 0.3) is 10.9 Å². The van der Waals surface area contributed by atoms with E-state index in [1.807, 2.05) is 24.3 Å². The Bertz CT molecular complexity index is 791. The number of morpholine rings is 1. The zero-order valence-electron chi connectivity index (χ0n) is 14.7. The van der Waals surface area contributed by atoms with Gasteiger partial charge >= 0.3 is 0 Å². The number of fused-ring (bicyclic) bond motifs is 1. The Kier molecular flexibility index (Phi) is 4.90. The molecule has 3 heterocycles. The van der Waals surface area contributed by atoms with Crippen molar-refractivity contribution >= 4 is 22.7 Å². The Labute approximate surface area is 152 Å². The zero-order chi connectivity index (χ0) is 17.9. The van der Waals surface area contributed by atoms with Crippen molar-refractivity contribution in [3.05, 3.63) is 36.0 Å². The number of carbonyl (C=O) groups excluding carboxylic acids is 2. The van der Waals surface area contributed by atoms with Crippen molar-refractivity contribution in [3.63, 3.8) is 0 Å². The largest absolute Gasteiger partial charge is 0.379 e. The molecule has 1 aromatic heterocycles. The molecule has 2 N–H and O–H groups in total. The van der Waals surface area contributed by atoms with Gasteiger partial charge in [-0.05, 0) is 6.07 Å². The highest BCUT2D eigenvalue weighted by Gasteiger charge is 2.36. The number of nitrogens with zero attached hydrogens (tertiary/aromatic N) is 2. The second-order valence-electron chi connectivity index (χ2n) is 6.90. The minimum Gasteiger partial charge on any atom is -0.379 e. The number of aromatic nitrogens is 1. The SMILES string of the molecule is O=C(NCCN1CCOCC1)C1CN(C(=O)c2c[nH]c3ccccc23)C1. The lowest BCUT2D eigenvalue weighted by atomic mass is 9.97. The van der Waals surface area contributed by atoms with E-state index < -0.39 is 0 Å². The van der Waals surface area contributed by atoms with E-state index in [-0.39, 0.29) is 17.7 Å². The van der Waals surface area contributed by atoms with E-state index in [4.69, 9.17) is 4.74 Å². The predicted octanol–water partition coefficient (Wildman–Crippen LogP) is 0.688. The number of benzene rings is 1. The summed E-state index contributed by atoms with van der Waals surface area (Å²) in [5.74, 6) is -0.0742. The second kappa shape index (κ2) is 7.47. The smallest absolute Gasteiger partial charge is 0.256 e. The molecular formula is C19H24N4O3. The van der Waals surface area contributed by atoms with Gasteiger partial charge in [0.25, 0.3) is 5.91 Å². The highest BCUT2D eigenvalue weighted by Crippen LogP contribution is 2.24. The molecule has 2 amide bonds. The number of amides is 2. The van der Waals surface area contributed by atoms with E-state index in [2.05, 4.69) is 15.2 Å². The van der Waals surface area contributed by atoms with Crippen LogP contribution in [-0.4, -0.2) is 79.1 Å². The van der Waals surface area contributed by atoms with Crippen LogP contribution in [-0.2, 0) is 9.53 Å². The van der Waals surface area contributed by atoms with Crippen molar-refractivity contribution in [2.24, 2.45) is 5.92 Å². The molecule has 0 unspecified atom stereocenters. The van der Waals surface area contributed by atoms with Crippen LogP contribution < -0.4 is 5.32 Å². The maximum absolute atomic E-state index is 12.6. The van der Waals surface area contributed by atoms with Crippen molar-refractivity contribution in [1.82, 2.24) is 20.1 Å². The summed E-state index contributed by atoms with van der Waals surface area (Å²) in [6, 6.07) is 7.75. The quantitative estimate of drug-likeness (QED) is 0.826. The number of aromatic amines is 1. The number of ether oxygens (including phenoxy) is 1. The summed E-state index contributed by atoms with van der Waals surface area (Å²) in [5, 5.41) is 3.92. The maximum Gasteiger partial charge on any atom is 0.256 e. The van der Waals surface area contributed by atoms with Gasteiger partial charge in [-0.25, -0.2) is 0 Å². The van der Waals surface area contributed by atoms with Crippen molar-refractivity contribution in [3.8, 4) is 0 Å². The first-order valence-electron chi connectivity index (χ1n) is 9.15. The average molecular weight is 356 g/mol. The average Bonchev–Trinajstić information content (AvgIpc) is 3.05. The number of nitrogens with one attached hydrogen (secondary N) is 2. The third-order valence-corrected chi connectivity index (χ3v) is 5.19. The highest BCUT2D eigenvalue weighted by molar-refractivity contribution is 6.07. The van der Waals surface area contributed by atoms with Gasteiger partial charge in [-0.15, -0.1) is 0 Å². The fourth-order valence-corrected chi connectivity index (χ4v) is 3.54. The first kappa shape index (κ1) is 17.1. The van der Waals surface area contributed by atoms with E-state index in [9.17, 15) is 9.59 Å². The van der Waals surface area contributed by atoms with Gasteiger partial charge in [0.05, 0.1) is 24.7 Å². The summed E-state index contributed by atoms with van der Waals surface area (Å²) in [6.07, 6.45) is 1.75. The van der Waals surface area contributed by atoms with E-state index >= 15 is 0 Å². The van der Waals surface area contributed by atoms with Crippen molar-refractivity contribution in [2.75, 3.05) is 52.5 Å². The van der Waals surface area contributed by atoms with Crippen LogP contribution in [0.2, 0.25) is 0 Å². The molecular weight excluding hydrogens is 332 g/mol. The molecule has 0 atom stereocenters. The fraction of sp³-hybridized carbons (Fsp3) is 0.474. The van der Waals surface area contributed by atoms with Crippen LogP contribution in [0.4, 0.5) is 0 Å². The minimum absolute atomic E-state index is 0.0141. The van der Waals surface area contributed by atoms with E-state index in [0.717, 1.165) is 43.8 Å². The molecule has 0 radical (unpaired) electrons. The Morgan fingerprint density at radius 3 is 2.77 bits per heavy atom. The molecule has 0 bridgehead atoms. The molecule has 0 saturated carbocycles. The second-order valence-corrected chi connectivity index (χ2v) is 6.90. The van der Waals surface area contributed by atoms with Gasteiger partial charge in [-0.3, -0.25) is 14.5 Å². The van der Waals surface area contributed by atoms with E-state index in [1.54, 1.807) is 11.1 Å². The molecule has 1 aromatic carbocycles. The number of hydrogen-bond acceptors (Lipinski definition) is 4. The molecule has 7 nitrogen and oxygen atoms in total. The van der Waals surface area contributed by atoms with E-state index in [1.165, 1.54) is 0 Å². The lowest BCUT2D eigenvalue weighted by molar-refractivity contribution is -0.129. The van der Waals surface area contributed by atoms with Crippen LogP contribution in [0, 0.1) is 5.92 Å². The van der Waals surface area contributed by atoms with Crippen molar-refractivity contribution in [2.45, 2.75) is 0 Å².